The van der Waals surface area contributed by atoms with E-state index in [1.807, 2.05) is 24.9 Å². The van der Waals surface area contributed by atoms with Gasteiger partial charge in [-0.3, -0.25) is 4.68 Å². The molecular formula is C9H12ClN5. The van der Waals surface area contributed by atoms with E-state index in [4.69, 9.17) is 11.6 Å². The van der Waals surface area contributed by atoms with Crippen LogP contribution >= 0.6 is 11.6 Å². The first-order valence-electron chi connectivity index (χ1n) is 4.55. The van der Waals surface area contributed by atoms with E-state index in [1.54, 1.807) is 17.1 Å². The Kier molecular flexibility index (Phi) is 2.64. The molecule has 0 aliphatic carbocycles. The van der Waals surface area contributed by atoms with Crippen LogP contribution in [0.4, 0.5) is 5.69 Å². The van der Waals surface area contributed by atoms with Gasteiger partial charge in [-0.2, -0.15) is 5.10 Å². The molecule has 0 atom stereocenters. The minimum absolute atomic E-state index is 0.634. The van der Waals surface area contributed by atoms with Crippen molar-refractivity contribution in [2.75, 3.05) is 5.32 Å². The Hall–Kier alpha value is -1.49. The number of nitrogens with one attached hydrogen (secondary N) is 1. The first-order valence-corrected chi connectivity index (χ1v) is 4.93. The molecule has 0 saturated heterocycles. The fourth-order valence-corrected chi connectivity index (χ4v) is 1.43. The fraction of sp³-hybridized carbons (Fsp3) is 0.333. The predicted octanol–water partition coefficient (Wildman–Crippen LogP) is 1.42. The first-order chi connectivity index (χ1) is 7.16. The van der Waals surface area contributed by atoms with Crippen LogP contribution < -0.4 is 5.32 Å². The second kappa shape index (κ2) is 3.94. The smallest absolute Gasteiger partial charge is 0.128 e. The summed E-state index contributed by atoms with van der Waals surface area (Å²) < 4.78 is 3.58. The van der Waals surface area contributed by atoms with Gasteiger partial charge in [0.1, 0.15) is 11.0 Å². The number of imidazole rings is 1. The molecule has 80 valence electrons. The van der Waals surface area contributed by atoms with Crippen molar-refractivity contribution in [1.29, 1.82) is 0 Å². The van der Waals surface area contributed by atoms with Crippen LogP contribution in [-0.2, 0) is 20.6 Å². The van der Waals surface area contributed by atoms with Crippen LogP contribution in [0.5, 0.6) is 0 Å². The van der Waals surface area contributed by atoms with Gasteiger partial charge in [-0.25, -0.2) is 4.98 Å². The molecule has 2 aromatic heterocycles. The van der Waals surface area contributed by atoms with Crippen LogP contribution in [0.1, 0.15) is 5.82 Å². The lowest BCUT2D eigenvalue weighted by atomic mass is 10.5. The third kappa shape index (κ3) is 2.12. The van der Waals surface area contributed by atoms with Gasteiger partial charge in [0, 0.05) is 20.3 Å². The van der Waals surface area contributed by atoms with Gasteiger partial charge in [0.25, 0.3) is 0 Å². The van der Waals surface area contributed by atoms with E-state index < -0.39 is 0 Å². The zero-order valence-corrected chi connectivity index (χ0v) is 9.36. The van der Waals surface area contributed by atoms with Crippen LogP contribution in [0.2, 0.25) is 5.15 Å². The van der Waals surface area contributed by atoms with Crippen molar-refractivity contribution in [3.05, 3.63) is 29.6 Å². The van der Waals surface area contributed by atoms with Crippen LogP contribution in [0.3, 0.4) is 0 Å². The fourth-order valence-electron chi connectivity index (χ4n) is 1.28. The summed E-state index contributed by atoms with van der Waals surface area (Å²) >= 11 is 5.87. The van der Waals surface area contributed by atoms with Crippen LogP contribution in [-0.4, -0.2) is 19.3 Å². The molecule has 0 spiro atoms. The van der Waals surface area contributed by atoms with E-state index in [2.05, 4.69) is 15.4 Å². The molecule has 15 heavy (non-hydrogen) atoms. The molecule has 0 bridgehead atoms. The Bertz CT molecular complexity index is 459. The Labute approximate surface area is 92.7 Å². The van der Waals surface area contributed by atoms with E-state index in [0.717, 1.165) is 11.5 Å². The average molecular weight is 226 g/mol. The summed E-state index contributed by atoms with van der Waals surface area (Å²) in [4.78, 5) is 4.18. The summed E-state index contributed by atoms with van der Waals surface area (Å²) in [6, 6.07) is 0. The molecule has 5 nitrogen and oxygen atoms in total. The van der Waals surface area contributed by atoms with Crippen LogP contribution in [0, 0.1) is 0 Å². The van der Waals surface area contributed by atoms with Crippen molar-refractivity contribution in [2.45, 2.75) is 6.54 Å². The number of halogens is 1. The molecule has 2 heterocycles. The molecule has 0 aromatic carbocycles. The van der Waals surface area contributed by atoms with Crippen molar-refractivity contribution < 1.29 is 0 Å². The minimum atomic E-state index is 0.634. The molecule has 2 rings (SSSR count). The van der Waals surface area contributed by atoms with Gasteiger partial charge < -0.3 is 9.88 Å². The SMILES string of the molecule is Cn1cc(NCc2ncc(Cl)n2C)cn1. The predicted molar refractivity (Wildman–Crippen MR) is 58.8 cm³/mol. The maximum Gasteiger partial charge on any atom is 0.128 e. The largest absolute Gasteiger partial charge is 0.375 e. The normalized spacial score (nSPS) is 10.6. The highest BCUT2D eigenvalue weighted by molar-refractivity contribution is 6.29. The van der Waals surface area contributed by atoms with Gasteiger partial charge in [0.15, 0.2) is 0 Å². The number of anilines is 1. The second-order valence-corrected chi connectivity index (χ2v) is 3.70. The first kappa shape index (κ1) is 10.0. The van der Waals surface area contributed by atoms with Crippen molar-refractivity contribution in [2.24, 2.45) is 14.1 Å². The van der Waals surface area contributed by atoms with Crippen molar-refractivity contribution in [3.63, 3.8) is 0 Å². The lowest BCUT2D eigenvalue weighted by Crippen LogP contribution is -2.05. The number of aromatic nitrogens is 4. The number of rotatable bonds is 3. The summed E-state index contributed by atoms with van der Waals surface area (Å²) in [6.45, 7) is 0.634. The Morgan fingerprint density at radius 3 is 2.73 bits per heavy atom. The maximum absolute atomic E-state index is 5.87. The molecule has 2 aromatic rings. The van der Waals surface area contributed by atoms with E-state index in [1.165, 1.54) is 0 Å². The van der Waals surface area contributed by atoms with Gasteiger partial charge in [-0.05, 0) is 0 Å². The minimum Gasteiger partial charge on any atom is -0.375 e. The molecule has 1 N–H and O–H groups in total. The second-order valence-electron chi connectivity index (χ2n) is 3.31. The molecule has 0 radical (unpaired) electrons. The number of aryl methyl sites for hydroxylation is 1. The average Bonchev–Trinajstić information content (AvgIpc) is 2.74. The van der Waals surface area contributed by atoms with E-state index >= 15 is 0 Å². The van der Waals surface area contributed by atoms with Gasteiger partial charge in [-0.1, -0.05) is 11.6 Å². The molecule has 0 aliphatic rings. The zero-order chi connectivity index (χ0) is 10.8. The topological polar surface area (TPSA) is 47.7 Å². The molecule has 0 saturated carbocycles. The Balaban J connectivity index is 2.02. The lowest BCUT2D eigenvalue weighted by Gasteiger charge is -2.03. The van der Waals surface area contributed by atoms with E-state index in [-0.39, 0.29) is 0 Å². The van der Waals surface area contributed by atoms with Gasteiger partial charge in [0.2, 0.25) is 0 Å². The summed E-state index contributed by atoms with van der Waals surface area (Å²) in [5, 5.41) is 7.91. The van der Waals surface area contributed by atoms with Crippen molar-refractivity contribution >= 4 is 17.3 Å². The molecular weight excluding hydrogens is 214 g/mol. The van der Waals surface area contributed by atoms with Gasteiger partial charge >= 0.3 is 0 Å². The standard InChI is InChI=1S/C9H12ClN5/c1-14-6-7(3-13-14)11-5-9-12-4-8(10)15(9)2/h3-4,6,11H,5H2,1-2H3. The highest BCUT2D eigenvalue weighted by Gasteiger charge is 2.04. The Morgan fingerprint density at radius 2 is 2.20 bits per heavy atom. The van der Waals surface area contributed by atoms with E-state index in [9.17, 15) is 0 Å². The third-order valence-electron chi connectivity index (χ3n) is 2.18. The van der Waals surface area contributed by atoms with Crippen LogP contribution in [0.15, 0.2) is 18.6 Å². The maximum atomic E-state index is 5.87. The van der Waals surface area contributed by atoms with Gasteiger partial charge in [0.05, 0.1) is 24.6 Å². The van der Waals surface area contributed by atoms with Crippen molar-refractivity contribution in [3.8, 4) is 0 Å². The highest BCUT2D eigenvalue weighted by Crippen LogP contribution is 2.11. The summed E-state index contributed by atoms with van der Waals surface area (Å²) in [7, 11) is 3.76. The molecule has 0 amide bonds. The zero-order valence-electron chi connectivity index (χ0n) is 8.61. The monoisotopic (exact) mass is 225 g/mol. The summed E-state index contributed by atoms with van der Waals surface area (Å²) in [6.07, 6.45) is 5.32. The quantitative estimate of drug-likeness (QED) is 0.860. The highest BCUT2D eigenvalue weighted by atomic mass is 35.5. The number of nitrogens with zero attached hydrogens (tertiary/aromatic N) is 4. The molecule has 6 heteroatoms. The van der Waals surface area contributed by atoms with Crippen molar-refractivity contribution in [1.82, 2.24) is 19.3 Å². The van der Waals surface area contributed by atoms with Crippen LogP contribution in [0.25, 0.3) is 0 Å². The van der Waals surface area contributed by atoms with Gasteiger partial charge in [-0.15, -0.1) is 0 Å². The Morgan fingerprint density at radius 1 is 1.40 bits per heavy atom. The number of hydrogen-bond acceptors (Lipinski definition) is 3. The third-order valence-corrected chi connectivity index (χ3v) is 2.53. The van der Waals surface area contributed by atoms with E-state index in [0.29, 0.717) is 11.7 Å². The molecule has 0 fully saturated rings. The number of hydrogen-bond donors (Lipinski definition) is 1. The summed E-state index contributed by atoms with van der Waals surface area (Å²) in [5.74, 6) is 0.892. The molecule has 0 aliphatic heterocycles. The molecule has 0 unspecified atom stereocenters. The lowest BCUT2D eigenvalue weighted by molar-refractivity contribution is 0.767. The summed E-state index contributed by atoms with van der Waals surface area (Å²) in [5.41, 5.74) is 0.969.